The maximum absolute atomic E-state index is 12.9. The number of sulfonamides is 1. The van der Waals surface area contributed by atoms with E-state index in [-0.39, 0.29) is 23.1 Å². The summed E-state index contributed by atoms with van der Waals surface area (Å²) in [6.07, 6.45) is 0.988. The van der Waals surface area contributed by atoms with Crippen molar-refractivity contribution in [2.45, 2.75) is 31.6 Å². The zero-order valence-corrected chi connectivity index (χ0v) is 18.5. The van der Waals surface area contributed by atoms with Gasteiger partial charge in [-0.3, -0.25) is 9.59 Å². The van der Waals surface area contributed by atoms with E-state index in [1.807, 2.05) is 31.2 Å². The fourth-order valence-electron chi connectivity index (χ4n) is 3.42. The number of carbonyl (C=O) groups is 2. The van der Waals surface area contributed by atoms with Gasteiger partial charge in [-0.05, 0) is 48.7 Å². The molecule has 1 fully saturated rings. The summed E-state index contributed by atoms with van der Waals surface area (Å²) in [5, 5.41) is 2.82. The molecule has 1 aliphatic heterocycles. The summed E-state index contributed by atoms with van der Waals surface area (Å²) in [6.45, 7) is 4.14. The maximum atomic E-state index is 12.9. The highest BCUT2D eigenvalue weighted by atomic mass is 32.2. The molecule has 30 heavy (non-hydrogen) atoms. The van der Waals surface area contributed by atoms with Gasteiger partial charge in [-0.2, -0.15) is 0 Å². The largest absolute Gasteiger partial charge is 0.325 e. The second-order valence-corrected chi connectivity index (χ2v) is 9.83. The predicted molar refractivity (Wildman–Crippen MR) is 117 cm³/mol. The molecule has 1 aliphatic rings. The van der Waals surface area contributed by atoms with Gasteiger partial charge in [0.05, 0.1) is 10.8 Å². The number of aryl methyl sites for hydroxylation is 2. The van der Waals surface area contributed by atoms with Gasteiger partial charge in [0, 0.05) is 38.4 Å². The van der Waals surface area contributed by atoms with Crippen molar-refractivity contribution in [3.8, 4) is 0 Å². The molecule has 3 rings (SSSR count). The molecule has 0 aliphatic carbocycles. The molecule has 0 radical (unpaired) electrons. The summed E-state index contributed by atoms with van der Waals surface area (Å²) in [4.78, 5) is 27.1. The molecule has 2 amide bonds. The Morgan fingerprint density at radius 2 is 1.93 bits per heavy atom. The summed E-state index contributed by atoms with van der Waals surface area (Å²) in [5.41, 5.74) is 3.10. The van der Waals surface area contributed by atoms with Gasteiger partial charge in [0.1, 0.15) is 0 Å². The standard InChI is InChI=1S/C22H27N3O4S/c1-5-16-7-6-8-18(11-16)25-14-17(12-21(25)26)22(27)23-20-13-19(10-9-15(20)2)30(28,29)24(3)4/h6-11,13,17H,5,12,14H2,1-4H3,(H,23,27)/t17-/m0/s1. The Morgan fingerprint density at radius 3 is 2.60 bits per heavy atom. The summed E-state index contributed by atoms with van der Waals surface area (Å²) < 4.78 is 25.9. The third kappa shape index (κ3) is 4.39. The van der Waals surface area contributed by atoms with E-state index in [1.165, 1.54) is 26.2 Å². The highest BCUT2D eigenvalue weighted by Crippen LogP contribution is 2.28. The predicted octanol–water partition coefficient (Wildman–Crippen LogP) is 2.80. The molecule has 0 aromatic heterocycles. The van der Waals surface area contributed by atoms with Crippen molar-refractivity contribution in [2.75, 3.05) is 30.9 Å². The number of nitrogens with zero attached hydrogens (tertiary/aromatic N) is 2. The van der Waals surface area contributed by atoms with E-state index in [9.17, 15) is 18.0 Å². The third-order valence-electron chi connectivity index (χ3n) is 5.37. The highest BCUT2D eigenvalue weighted by Gasteiger charge is 2.35. The van der Waals surface area contributed by atoms with Crippen LogP contribution in [0.3, 0.4) is 0 Å². The van der Waals surface area contributed by atoms with E-state index < -0.39 is 15.9 Å². The number of hydrogen-bond donors (Lipinski definition) is 1. The summed E-state index contributed by atoms with van der Waals surface area (Å²) in [7, 11) is -0.695. The van der Waals surface area contributed by atoms with Crippen LogP contribution in [-0.4, -0.2) is 45.2 Å². The van der Waals surface area contributed by atoms with Crippen molar-refractivity contribution in [3.05, 3.63) is 53.6 Å². The van der Waals surface area contributed by atoms with Crippen molar-refractivity contribution in [3.63, 3.8) is 0 Å². The van der Waals surface area contributed by atoms with E-state index in [0.29, 0.717) is 12.2 Å². The molecule has 160 valence electrons. The van der Waals surface area contributed by atoms with Gasteiger partial charge in [0.2, 0.25) is 21.8 Å². The van der Waals surface area contributed by atoms with Crippen LogP contribution in [0.1, 0.15) is 24.5 Å². The zero-order valence-electron chi connectivity index (χ0n) is 17.7. The fraction of sp³-hybridized carbons (Fsp3) is 0.364. The van der Waals surface area contributed by atoms with Crippen LogP contribution in [-0.2, 0) is 26.0 Å². The molecule has 2 aromatic carbocycles. The minimum Gasteiger partial charge on any atom is -0.325 e. The Bertz CT molecular complexity index is 1080. The Kier molecular flexibility index (Phi) is 6.28. The number of anilines is 2. The first-order chi connectivity index (χ1) is 14.1. The lowest BCUT2D eigenvalue weighted by Crippen LogP contribution is -2.28. The fourth-order valence-corrected chi connectivity index (χ4v) is 4.35. The SMILES string of the molecule is CCc1cccc(N2C[C@@H](C(=O)Nc3cc(S(=O)(=O)N(C)C)ccc3C)CC2=O)c1. The van der Waals surface area contributed by atoms with Gasteiger partial charge in [0.25, 0.3) is 0 Å². The maximum Gasteiger partial charge on any atom is 0.242 e. The van der Waals surface area contributed by atoms with Crippen LogP contribution in [0.2, 0.25) is 0 Å². The minimum absolute atomic E-state index is 0.0935. The smallest absolute Gasteiger partial charge is 0.242 e. The summed E-state index contributed by atoms with van der Waals surface area (Å²) in [6, 6.07) is 12.4. The lowest BCUT2D eigenvalue weighted by Gasteiger charge is -2.18. The molecule has 0 spiro atoms. The molecule has 1 heterocycles. The van der Waals surface area contributed by atoms with Gasteiger partial charge in [-0.15, -0.1) is 0 Å². The van der Waals surface area contributed by atoms with Crippen LogP contribution in [0.25, 0.3) is 0 Å². The Balaban J connectivity index is 1.78. The third-order valence-corrected chi connectivity index (χ3v) is 7.18. The van der Waals surface area contributed by atoms with Gasteiger partial charge < -0.3 is 10.2 Å². The van der Waals surface area contributed by atoms with Crippen LogP contribution in [0, 0.1) is 12.8 Å². The number of nitrogens with one attached hydrogen (secondary N) is 1. The van der Waals surface area contributed by atoms with Crippen LogP contribution < -0.4 is 10.2 Å². The first-order valence-corrected chi connectivity index (χ1v) is 11.3. The normalized spacial score (nSPS) is 16.9. The van der Waals surface area contributed by atoms with E-state index >= 15 is 0 Å². The minimum atomic E-state index is -3.61. The number of rotatable bonds is 6. The average molecular weight is 430 g/mol. The topological polar surface area (TPSA) is 86.8 Å². The van der Waals surface area contributed by atoms with Crippen molar-refractivity contribution < 1.29 is 18.0 Å². The summed E-state index contributed by atoms with van der Waals surface area (Å²) in [5.74, 6) is -0.889. The van der Waals surface area contributed by atoms with E-state index in [2.05, 4.69) is 5.32 Å². The zero-order chi connectivity index (χ0) is 22.1. The Labute approximate surface area is 177 Å². The molecule has 7 nitrogen and oxygen atoms in total. The van der Waals surface area contributed by atoms with Gasteiger partial charge in [0.15, 0.2) is 0 Å². The first-order valence-electron chi connectivity index (χ1n) is 9.86. The Hall–Kier alpha value is -2.71. The first kappa shape index (κ1) is 22.0. The molecule has 8 heteroatoms. The highest BCUT2D eigenvalue weighted by molar-refractivity contribution is 7.89. The number of carbonyl (C=O) groups excluding carboxylic acids is 2. The molecule has 2 aromatic rings. The monoisotopic (exact) mass is 429 g/mol. The van der Waals surface area contributed by atoms with Gasteiger partial charge in [-0.1, -0.05) is 25.1 Å². The van der Waals surface area contributed by atoms with E-state index in [1.54, 1.807) is 17.9 Å². The molecule has 1 atom stereocenters. The van der Waals surface area contributed by atoms with E-state index in [0.717, 1.165) is 27.5 Å². The van der Waals surface area contributed by atoms with Crippen LogP contribution in [0.5, 0.6) is 0 Å². The van der Waals surface area contributed by atoms with Gasteiger partial charge in [-0.25, -0.2) is 12.7 Å². The molecular weight excluding hydrogens is 402 g/mol. The quantitative estimate of drug-likeness (QED) is 0.765. The molecule has 0 unspecified atom stereocenters. The average Bonchev–Trinajstić information content (AvgIpc) is 3.11. The molecule has 0 saturated carbocycles. The Morgan fingerprint density at radius 1 is 1.20 bits per heavy atom. The van der Waals surface area contributed by atoms with Crippen molar-refractivity contribution >= 4 is 33.2 Å². The van der Waals surface area contributed by atoms with Crippen molar-refractivity contribution in [1.29, 1.82) is 0 Å². The number of benzene rings is 2. The van der Waals surface area contributed by atoms with Crippen molar-refractivity contribution in [2.24, 2.45) is 5.92 Å². The number of amides is 2. The van der Waals surface area contributed by atoms with Crippen molar-refractivity contribution in [1.82, 2.24) is 4.31 Å². The van der Waals surface area contributed by atoms with Crippen LogP contribution >= 0.6 is 0 Å². The summed E-state index contributed by atoms with van der Waals surface area (Å²) >= 11 is 0. The molecule has 1 N–H and O–H groups in total. The molecule has 0 bridgehead atoms. The lowest BCUT2D eigenvalue weighted by molar-refractivity contribution is -0.122. The number of hydrogen-bond acceptors (Lipinski definition) is 4. The van der Waals surface area contributed by atoms with Crippen LogP contribution in [0.4, 0.5) is 11.4 Å². The van der Waals surface area contributed by atoms with Crippen LogP contribution in [0.15, 0.2) is 47.4 Å². The lowest BCUT2D eigenvalue weighted by atomic mass is 10.1. The second kappa shape index (κ2) is 8.57. The molecule has 1 saturated heterocycles. The second-order valence-electron chi connectivity index (χ2n) is 7.68. The molecular formula is C22H27N3O4S. The van der Waals surface area contributed by atoms with E-state index in [4.69, 9.17) is 0 Å². The van der Waals surface area contributed by atoms with Gasteiger partial charge >= 0.3 is 0 Å².